The van der Waals surface area contributed by atoms with E-state index in [-0.39, 0.29) is 24.9 Å². The van der Waals surface area contributed by atoms with Gasteiger partial charge >= 0.3 is 11.8 Å². The molecule has 1 aliphatic heterocycles. The molecule has 2 aromatic rings. The van der Waals surface area contributed by atoms with Crippen molar-refractivity contribution in [2.45, 2.75) is 18.9 Å². The lowest BCUT2D eigenvalue weighted by atomic mass is 10.2. The molecule has 3 amide bonds. The summed E-state index contributed by atoms with van der Waals surface area (Å²) < 4.78 is 25.2. The maximum atomic E-state index is 13.8. The lowest BCUT2D eigenvalue weighted by molar-refractivity contribution is -0.139. The Kier molecular flexibility index (Phi) is 8.90. The van der Waals surface area contributed by atoms with Gasteiger partial charge < -0.3 is 20.1 Å². The molecule has 2 aromatic carbocycles. The maximum absolute atomic E-state index is 13.8. The fraction of sp³-hybridized carbons (Fsp3) is 0.273. The fourth-order valence-corrected chi connectivity index (χ4v) is 3.25. The van der Waals surface area contributed by atoms with E-state index in [0.29, 0.717) is 22.4 Å². The number of nitrogens with one attached hydrogen (secondary N) is 3. The van der Waals surface area contributed by atoms with Crippen LogP contribution in [-0.4, -0.2) is 49.8 Å². The van der Waals surface area contributed by atoms with Crippen LogP contribution in [-0.2, 0) is 19.1 Å². The van der Waals surface area contributed by atoms with E-state index in [1.807, 2.05) is 0 Å². The van der Waals surface area contributed by atoms with E-state index in [9.17, 15) is 18.8 Å². The van der Waals surface area contributed by atoms with Gasteiger partial charge in [-0.05, 0) is 48.7 Å². The molecule has 1 fully saturated rings. The fourth-order valence-electron chi connectivity index (χ4n) is 2.92. The minimum atomic E-state index is -0.895. The molecule has 0 aliphatic carbocycles. The number of hydrogen-bond acceptors (Lipinski definition) is 6. The van der Waals surface area contributed by atoms with E-state index in [0.717, 1.165) is 12.8 Å². The number of hydrogen-bond donors (Lipinski definition) is 3. The van der Waals surface area contributed by atoms with Crippen LogP contribution in [0.1, 0.15) is 18.4 Å². The van der Waals surface area contributed by atoms with E-state index < -0.39 is 23.5 Å². The van der Waals surface area contributed by atoms with Gasteiger partial charge in [0.1, 0.15) is 11.6 Å². The predicted octanol–water partition coefficient (Wildman–Crippen LogP) is 2.35. The smallest absolute Gasteiger partial charge is 0.329 e. The highest BCUT2D eigenvalue weighted by Crippen LogP contribution is 2.19. The monoisotopic (exact) mass is 520 g/mol. The quantitative estimate of drug-likeness (QED) is 0.280. The third-order valence-corrected chi connectivity index (χ3v) is 5.03. The topological polar surface area (TPSA) is 118 Å². The van der Waals surface area contributed by atoms with Crippen molar-refractivity contribution in [2.75, 3.05) is 25.1 Å². The summed E-state index contributed by atoms with van der Waals surface area (Å²) in [6.07, 6.45) is 3.05. The number of carbonyl (C=O) groups is 3. The molecule has 3 rings (SSSR count). The van der Waals surface area contributed by atoms with Crippen molar-refractivity contribution < 1.29 is 28.2 Å². The molecule has 0 aromatic heterocycles. The van der Waals surface area contributed by atoms with Crippen LogP contribution in [0, 0.1) is 5.82 Å². The lowest BCUT2D eigenvalue weighted by Gasteiger charge is -2.09. The van der Waals surface area contributed by atoms with Crippen molar-refractivity contribution in [1.82, 2.24) is 10.7 Å². The summed E-state index contributed by atoms with van der Waals surface area (Å²) in [6.45, 7) is 0.601. The minimum Gasteiger partial charge on any atom is -0.484 e. The first kappa shape index (κ1) is 24.3. The Bertz CT molecular complexity index is 1040. The minimum absolute atomic E-state index is 0.0447. The van der Waals surface area contributed by atoms with Crippen molar-refractivity contribution in [2.24, 2.45) is 5.10 Å². The molecule has 174 valence electrons. The van der Waals surface area contributed by atoms with Crippen molar-refractivity contribution in [3.63, 3.8) is 0 Å². The molecule has 9 nitrogen and oxygen atoms in total. The first-order chi connectivity index (χ1) is 15.9. The van der Waals surface area contributed by atoms with E-state index in [1.54, 1.807) is 30.3 Å². The zero-order valence-electron chi connectivity index (χ0n) is 17.5. The van der Waals surface area contributed by atoms with Crippen LogP contribution in [0.25, 0.3) is 0 Å². The van der Waals surface area contributed by atoms with Crippen LogP contribution >= 0.6 is 15.9 Å². The second kappa shape index (κ2) is 12.1. The van der Waals surface area contributed by atoms with Gasteiger partial charge in [-0.15, -0.1) is 0 Å². The number of carbonyl (C=O) groups excluding carboxylic acids is 3. The predicted molar refractivity (Wildman–Crippen MR) is 122 cm³/mol. The van der Waals surface area contributed by atoms with Gasteiger partial charge in [0.25, 0.3) is 5.91 Å². The molecule has 0 bridgehead atoms. The summed E-state index contributed by atoms with van der Waals surface area (Å²) in [5, 5.41) is 8.68. The molecule has 3 N–H and O–H groups in total. The molecular weight excluding hydrogens is 499 g/mol. The van der Waals surface area contributed by atoms with Gasteiger partial charge in [-0.25, -0.2) is 9.82 Å². The average molecular weight is 521 g/mol. The van der Waals surface area contributed by atoms with Crippen LogP contribution in [0.2, 0.25) is 0 Å². The number of hydrazone groups is 1. The number of amides is 3. The van der Waals surface area contributed by atoms with Gasteiger partial charge in [0.15, 0.2) is 6.61 Å². The number of nitrogens with zero attached hydrogens (tertiary/aromatic N) is 1. The molecule has 1 atom stereocenters. The molecule has 0 saturated carbocycles. The van der Waals surface area contributed by atoms with Crippen LogP contribution in [0.3, 0.4) is 0 Å². The summed E-state index contributed by atoms with van der Waals surface area (Å²) in [5.74, 6) is -2.43. The second-order valence-electron chi connectivity index (χ2n) is 7.08. The van der Waals surface area contributed by atoms with Gasteiger partial charge in [0, 0.05) is 17.6 Å². The Morgan fingerprint density at radius 2 is 2.06 bits per heavy atom. The highest BCUT2D eigenvalue weighted by molar-refractivity contribution is 9.10. The summed E-state index contributed by atoms with van der Waals surface area (Å²) in [5.41, 5.74) is 2.75. The molecule has 0 radical (unpaired) electrons. The highest BCUT2D eigenvalue weighted by atomic mass is 79.9. The zero-order chi connectivity index (χ0) is 23.6. The van der Waals surface area contributed by atoms with Crippen molar-refractivity contribution in [3.8, 4) is 5.75 Å². The van der Waals surface area contributed by atoms with E-state index in [2.05, 4.69) is 37.1 Å². The molecule has 11 heteroatoms. The van der Waals surface area contributed by atoms with Crippen molar-refractivity contribution in [1.29, 1.82) is 0 Å². The summed E-state index contributed by atoms with van der Waals surface area (Å²) in [4.78, 5) is 35.6. The Morgan fingerprint density at radius 3 is 2.82 bits per heavy atom. The SMILES string of the molecule is O=C(COc1cccc(/C=N\NC(=O)C(=O)NC[C@H]2CCCO2)c1)Nc1ccc(Br)cc1F. The maximum Gasteiger partial charge on any atom is 0.329 e. The molecule has 1 aliphatic rings. The number of halogens is 2. The molecule has 0 unspecified atom stereocenters. The Hall–Kier alpha value is -3.31. The number of benzene rings is 2. The van der Waals surface area contributed by atoms with E-state index in [1.165, 1.54) is 18.3 Å². The molecule has 1 saturated heterocycles. The van der Waals surface area contributed by atoms with Crippen LogP contribution in [0.15, 0.2) is 52.0 Å². The second-order valence-corrected chi connectivity index (χ2v) is 7.99. The first-order valence-electron chi connectivity index (χ1n) is 10.1. The van der Waals surface area contributed by atoms with E-state index in [4.69, 9.17) is 9.47 Å². The van der Waals surface area contributed by atoms with Gasteiger partial charge in [-0.3, -0.25) is 14.4 Å². The summed E-state index contributed by atoms with van der Waals surface area (Å²) in [7, 11) is 0. The molecule has 0 spiro atoms. The van der Waals surface area contributed by atoms with Crippen LogP contribution < -0.4 is 20.8 Å². The molecule has 1 heterocycles. The highest BCUT2D eigenvalue weighted by Gasteiger charge is 2.19. The third-order valence-electron chi connectivity index (χ3n) is 4.53. The normalized spacial score (nSPS) is 15.3. The number of anilines is 1. The van der Waals surface area contributed by atoms with Gasteiger partial charge in [-0.2, -0.15) is 5.10 Å². The Labute approximate surface area is 197 Å². The summed E-state index contributed by atoms with van der Waals surface area (Å²) in [6, 6.07) is 10.9. The van der Waals surface area contributed by atoms with Crippen LogP contribution in [0.4, 0.5) is 10.1 Å². The number of rotatable bonds is 8. The molecule has 33 heavy (non-hydrogen) atoms. The lowest BCUT2D eigenvalue weighted by Crippen LogP contribution is -2.41. The van der Waals surface area contributed by atoms with Gasteiger partial charge in [-0.1, -0.05) is 28.1 Å². The van der Waals surface area contributed by atoms with Crippen LogP contribution in [0.5, 0.6) is 5.75 Å². The molecular formula is C22H22BrFN4O5. The zero-order valence-corrected chi connectivity index (χ0v) is 19.1. The van der Waals surface area contributed by atoms with Gasteiger partial charge in [0.2, 0.25) is 0 Å². The largest absolute Gasteiger partial charge is 0.484 e. The van der Waals surface area contributed by atoms with Crippen molar-refractivity contribution in [3.05, 3.63) is 58.3 Å². The Balaban J connectivity index is 1.43. The summed E-state index contributed by atoms with van der Waals surface area (Å²) >= 11 is 3.15. The Morgan fingerprint density at radius 1 is 1.21 bits per heavy atom. The van der Waals surface area contributed by atoms with E-state index >= 15 is 0 Å². The van der Waals surface area contributed by atoms with Gasteiger partial charge in [0.05, 0.1) is 18.0 Å². The number of ether oxygens (including phenoxy) is 2. The standard InChI is InChI=1S/C22H22BrFN4O5/c23-15-6-7-19(18(24)10-15)27-20(29)13-33-16-4-1-3-14(9-16)11-26-28-22(31)21(30)25-12-17-5-2-8-32-17/h1,3-4,6-7,9-11,17H,2,5,8,12-13H2,(H,25,30)(H,27,29)(H,28,31)/b26-11-/t17-/m1/s1. The average Bonchev–Trinajstić information content (AvgIpc) is 3.32. The van der Waals surface area contributed by atoms with Crippen molar-refractivity contribution >= 4 is 45.6 Å². The first-order valence-corrected chi connectivity index (χ1v) is 10.9. The third kappa shape index (κ3) is 7.95.